The van der Waals surface area contributed by atoms with Gasteiger partial charge in [0.1, 0.15) is 13.2 Å². The van der Waals surface area contributed by atoms with Gasteiger partial charge in [-0.1, -0.05) is 55.3 Å². The summed E-state index contributed by atoms with van der Waals surface area (Å²) in [5, 5.41) is 3.00. The number of carbonyl (C=O) groups excluding carboxylic acids is 1. The molecule has 1 amide bonds. The monoisotopic (exact) mass is 622 g/mol. The Morgan fingerprint density at radius 1 is 1.16 bits per heavy atom. The molecule has 0 bridgehead atoms. The number of nitrogens with zero attached hydrogens (tertiary/aromatic N) is 4. The lowest BCUT2D eigenvalue weighted by Crippen LogP contribution is -2.49. The smallest absolute Gasteiger partial charge is 0.221 e. The Morgan fingerprint density at radius 2 is 1.95 bits per heavy atom. The lowest BCUT2D eigenvalue weighted by Gasteiger charge is -2.37. The molecule has 8 nitrogen and oxygen atoms in total. The number of primary amides is 1. The zero-order valence-corrected chi connectivity index (χ0v) is 27.4. The summed E-state index contributed by atoms with van der Waals surface area (Å²) in [6, 6.07) is 17.1. The van der Waals surface area contributed by atoms with Crippen LogP contribution in [0.5, 0.6) is 5.88 Å². The first kappa shape index (κ1) is 32.6. The minimum absolute atomic E-state index is 0.0515. The van der Waals surface area contributed by atoms with E-state index >= 15 is 0 Å². The third kappa shape index (κ3) is 8.49. The molecule has 2 aliphatic heterocycles. The molecule has 0 radical (unpaired) electrons. The van der Waals surface area contributed by atoms with Crippen molar-refractivity contribution < 1.29 is 18.8 Å². The van der Waals surface area contributed by atoms with E-state index in [1.165, 1.54) is 10.9 Å². The number of morpholine rings is 1. The molecule has 2 fully saturated rings. The molecule has 3 aromatic rings. The summed E-state index contributed by atoms with van der Waals surface area (Å²) < 4.78 is 12.6. The van der Waals surface area contributed by atoms with Gasteiger partial charge in [0, 0.05) is 42.3 Å². The molecule has 0 saturated carbocycles. The van der Waals surface area contributed by atoms with Crippen molar-refractivity contribution in [2.75, 3.05) is 73.2 Å². The van der Waals surface area contributed by atoms with E-state index in [-0.39, 0.29) is 17.9 Å². The molecule has 2 aliphatic rings. The molecule has 2 aromatic carbocycles. The number of unbranched alkanes of at least 4 members (excludes halogenated alkanes) is 1. The number of carbonyl (C=O) groups is 1. The van der Waals surface area contributed by atoms with Gasteiger partial charge in [-0.3, -0.25) is 14.6 Å². The second-order valence-electron chi connectivity index (χ2n) is 13.1. The van der Waals surface area contributed by atoms with Gasteiger partial charge in [-0.2, -0.15) is 0 Å². The van der Waals surface area contributed by atoms with Crippen LogP contribution in [0, 0.1) is 5.92 Å². The number of likely N-dealkylation sites (N-methyl/N-ethyl adjacent to an activating group) is 1. The average Bonchev–Trinajstić information content (AvgIpc) is 3.50. The maximum Gasteiger partial charge on any atom is 0.221 e. The maximum atomic E-state index is 12.1. The lowest BCUT2D eigenvalue weighted by molar-refractivity contribution is -0.893. The van der Waals surface area contributed by atoms with Gasteiger partial charge in [0.05, 0.1) is 45.8 Å². The number of aryl methyl sites for hydroxylation is 1. The van der Waals surface area contributed by atoms with Crippen LogP contribution in [-0.2, 0) is 22.5 Å². The van der Waals surface area contributed by atoms with Crippen LogP contribution < -0.4 is 10.5 Å². The number of ether oxygens (including phenoxy) is 2. The summed E-state index contributed by atoms with van der Waals surface area (Å²) in [5.74, 6) is 0.366. The molecular formula is C35H49ClN5O3+. The molecule has 0 aliphatic carbocycles. The summed E-state index contributed by atoms with van der Waals surface area (Å²) in [6.45, 7) is 10.1. The van der Waals surface area contributed by atoms with Crippen LogP contribution in [0.2, 0.25) is 5.02 Å². The Morgan fingerprint density at radius 3 is 2.68 bits per heavy atom. The van der Waals surface area contributed by atoms with Gasteiger partial charge in [0.2, 0.25) is 11.8 Å². The first-order valence-corrected chi connectivity index (χ1v) is 16.6. The van der Waals surface area contributed by atoms with Crippen LogP contribution in [-0.4, -0.2) is 98.4 Å². The normalized spacial score (nSPS) is 19.0. The van der Waals surface area contributed by atoms with Gasteiger partial charge in [-0.25, -0.2) is 4.98 Å². The zero-order valence-electron chi connectivity index (χ0n) is 26.6. The van der Waals surface area contributed by atoms with Crippen molar-refractivity contribution in [2.45, 2.75) is 45.2 Å². The summed E-state index contributed by atoms with van der Waals surface area (Å²) >= 11 is 7.04. The van der Waals surface area contributed by atoms with E-state index in [1.807, 2.05) is 6.07 Å². The van der Waals surface area contributed by atoms with E-state index in [2.05, 4.69) is 73.3 Å². The predicted molar refractivity (Wildman–Crippen MR) is 177 cm³/mol. The van der Waals surface area contributed by atoms with Crippen molar-refractivity contribution in [2.24, 2.45) is 11.7 Å². The number of fused-ring (bicyclic) bond motifs is 1. The second-order valence-corrected chi connectivity index (χ2v) is 13.5. The standard InChI is InChI=1S/C35H48ClN5O3/c1-4-5-9-29-22-27-8-6-7-10-30(27)35(38-29)44-20-17-41(2,3)25-33(40-14-13-28(24-40)34(37)42)31-12-11-26(21-32(31)36)23-39-15-18-43-19-16-39/h6-8,10-12,21-22,28,33H,4-5,9,13-20,23-25H2,1-3H3,(H-,37,42)/p+1. The maximum absolute atomic E-state index is 12.1. The highest BCUT2D eigenvalue weighted by atomic mass is 35.5. The van der Waals surface area contributed by atoms with E-state index in [4.69, 9.17) is 31.8 Å². The summed E-state index contributed by atoms with van der Waals surface area (Å²) in [4.78, 5) is 21.8. The van der Waals surface area contributed by atoms with Gasteiger partial charge in [0.25, 0.3) is 0 Å². The topological polar surface area (TPSA) is 80.9 Å². The molecule has 5 rings (SSSR count). The Bertz CT molecular complexity index is 1410. The summed E-state index contributed by atoms with van der Waals surface area (Å²) in [5.41, 5.74) is 9.12. The van der Waals surface area contributed by atoms with Gasteiger partial charge in [0.15, 0.2) is 0 Å². The van der Waals surface area contributed by atoms with Crippen LogP contribution in [0.3, 0.4) is 0 Å². The highest BCUT2D eigenvalue weighted by Crippen LogP contribution is 2.34. The largest absolute Gasteiger partial charge is 0.471 e. The van der Waals surface area contributed by atoms with Gasteiger partial charge >= 0.3 is 0 Å². The molecule has 3 heterocycles. The molecule has 0 spiro atoms. The first-order chi connectivity index (χ1) is 21.2. The Balaban J connectivity index is 1.30. The molecule has 9 heteroatoms. The first-order valence-electron chi connectivity index (χ1n) is 16.2. The number of rotatable bonds is 14. The van der Waals surface area contributed by atoms with Crippen LogP contribution in [0.15, 0.2) is 48.5 Å². The van der Waals surface area contributed by atoms with Crippen molar-refractivity contribution in [3.63, 3.8) is 0 Å². The fraction of sp³-hybridized carbons (Fsp3) is 0.543. The summed E-state index contributed by atoms with van der Waals surface area (Å²) in [7, 11) is 4.48. The Labute approximate surface area is 267 Å². The fourth-order valence-electron chi connectivity index (χ4n) is 6.43. The predicted octanol–water partition coefficient (Wildman–Crippen LogP) is 5.07. The fourth-order valence-corrected chi connectivity index (χ4v) is 6.76. The zero-order chi connectivity index (χ0) is 31.1. The molecule has 44 heavy (non-hydrogen) atoms. The average molecular weight is 623 g/mol. The van der Waals surface area contributed by atoms with Gasteiger partial charge < -0.3 is 19.7 Å². The molecule has 2 N–H and O–H groups in total. The molecule has 1 aromatic heterocycles. The minimum atomic E-state index is -0.221. The number of hydrogen-bond acceptors (Lipinski definition) is 6. The number of nitrogens with two attached hydrogens (primary N) is 1. The quantitative estimate of drug-likeness (QED) is 0.253. The number of quaternary nitrogens is 1. The Hall–Kier alpha value is -2.75. The van der Waals surface area contributed by atoms with Crippen molar-refractivity contribution in [3.8, 4) is 5.88 Å². The molecule has 2 saturated heterocycles. The number of amides is 1. The van der Waals surface area contributed by atoms with Crippen LogP contribution in [0.25, 0.3) is 10.8 Å². The van der Waals surface area contributed by atoms with Crippen molar-refractivity contribution >= 4 is 28.3 Å². The van der Waals surface area contributed by atoms with Gasteiger partial charge in [-0.15, -0.1) is 0 Å². The van der Waals surface area contributed by atoms with Crippen LogP contribution >= 0.6 is 11.6 Å². The highest BCUT2D eigenvalue weighted by Gasteiger charge is 2.36. The second kappa shape index (κ2) is 15.0. The van der Waals surface area contributed by atoms with Gasteiger partial charge in [-0.05, 0) is 60.5 Å². The van der Waals surface area contributed by atoms with Crippen molar-refractivity contribution in [1.29, 1.82) is 0 Å². The lowest BCUT2D eigenvalue weighted by atomic mass is 10.0. The highest BCUT2D eigenvalue weighted by molar-refractivity contribution is 6.31. The van der Waals surface area contributed by atoms with E-state index < -0.39 is 0 Å². The number of likely N-dealkylation sites (tertiary alicyclic amines) is 1. The molecule has 238 valence electrons. The van der Waals surface area contributed by atoms with E-state index in [0.717, 1.165) is 104 Å². The van der Waals surface area contributed by atoms with Crippen LogP contribution in [0.4, 0.5) is 0 Å². The molecule has 2 unspecified atom stereocenters. The SMILES string of the molecule is CCCCc1cc2ccccc2c(OCC[N+](C)(C)CC(c2ccc(CN3CCOCC3)cc2Cl)N2CCC(C(N)=O)C2)n1. The molecular weight excluding hydrogens is 574 g/mol. The number of pyridine rings is 1. The van der Waals surface area contributed by atoms with E-state index in [9.17, 15) is 4.79 Å². The number of halogens is 1. The third-order valence-electron chi connectivity index (χ3n) is 9.14. The van der Waals surface area contributed by atoms with Crippen LogP contribution in [0.1, 0.15) is 49.0 Å². The minimum Gasteiger partial charge on any atom is -0.471 e. The Kier molecular flexibility index (Phi) is 11.1. The van der Waals surface area contributed by atoms with E-state index in [1.54, 1.807) is 0 Å². The molecule has 2 atom stereocenters. The number of benzene rings is 2. The number of hydrogen-bond donors (Lipinski definition) is 1. The van der Waals surface area contributed by atoms with Crippen molar-refractivity contribution in [3.05, 3.63) is 70.4 Å². The summed E-state index contributed by atoms with van der Waals surface area (Å²) in [6.07, 6.45) is 3.98. The van der Waals surface area contributed by atoms with Crippen molar-refractivity contribution in [1.82, 2.24) is 14.8 Å². The third-order valence-corrected chi connectivity index (χ3v) is 9.47. The number of aromatic nitrogens is 1. The van der Waals surface area contributed by atoms with E-state index in [0.29, 0.717) is 19.0 Å².